The molecule has 3 aromatic rings. The fourth-order valence-electron chi connectivity index (χ4n) is 3.99. The van der Waals surface area contributed by atoms with Crippen molar-refractivity contribution in [3.8, 4) is 11.5 Å². The van der Waals surface area contributed by atoms with E-state index < -0.39 is 28.3 Å². The minimum Gasteiger partial charge on any atom is -0.486 e. The lowest BCUT2D eigenvalue weighted by molar-refractivity contribution is -0.119. The Hall–Kier alpha value is -3.59. The van der Waals surface area contributed by atoms with Crippen LogP contribution in [-0.4, -0.2) is 40.6 Å². The highest BCUT2D eigenvalue weighted by Crippen LogP contribution is 2.34. The number of hydrogen-bond donors (Lipinski definition) is 1. The van der Waals surface area contributed by atoms with Crippen molar-refractivity contribution in [1.82, 2.24) is 5.32 Å². The Bertz CT molecular complexity index is 1280. The molecule has 9 heteroatoms. The summed E-state index contributed by atoms with van der Waals surface area (Å²) in [7, 11) is -4.17. The van der Waals surface area contributed by atoms with Gasteiger partial charge in [0.05, 0.1) is 10.6 Å². The first-order valence-electron chi connectivity index (χ1n) is 11.9. The minimum atomic E-state index is -4.17. The van der Waals surface area contributed by atoms with Crippen molar-refractivity contribution in [3.05, 3.63) is 84.2 Å². The molecule has 0 bridgehead atoms. The summed E-state index contributed by atoms with van der Waals surface area (Å²) < 4.78 is 52.8. The number of rotatable bonds is 10. The van der Waals surface area contributed by atoms with Crippen LogP contribution in [0.3, 0.4) is 0 Å². The maximum absolute atomic E-state index is 13.6. The van der Waals surface area contributed by atoms with Crippen molar-refractivity contribution in [1.29, 1.82) is 0 Å². The first-order valence-corrected chi connectivity index (χ1v) is 13.3. The number of benzene rings is 3. The number of anilines is 1. The molecule has 1 heterocycles. The van der Waals surface area contributed by atoms with Crippen LogP contribution >= 0.6 is 0 Å². The SMILES string of the molecule is CCC(CNC(=O)CN(c1ccc(F)cc1)S(=O)(=O)c1ccc2c(c1)OCCO2)Cc1ccccc1. The molecule has 1 amide bonds. The largest absolute Gasteiger partial charge is 0.486 e. The van der Waals surface area contributed by atoms with E-state index in [9.17, 15) is 17.6 Å². The standard InChI is InChI=1S/C27H29FN2O5S/c1-2-20(16-21-6-4-3-5-7-21)18-29-27(31)19-30(23-10-8-22(28)9-11-23)36(32,33)24-12-13-25-26(17-24)35-15-14-34-25/h3-13,17,20H,2,14-16,18-19H2,1H3,(H,29,31). The number of sulfonamides is 1. The van der Waals surface area contributed by atoms with Gasteiger partial charge in [-0.1, -0.05) is 43.7 Å². The number of hydrogen-bond acceptors (Lipinski definition) is 5. The Morgan fingerprint density at radius 2 is 1.69 bits per heavy atom. The van der Waals surface area contributed by atoms with Crippen molar-refractivity contribution in [2.45, 2.75) is 24.7 Å². The van der Waals surface area contributed by atoms with Crippen molar-refractivity contribution >= 4 is 21.6 Å². The molecule has 1 unspecified atom stereocenters. The summed E-state index contributed by atoms with van der Waals surface area (Å²) in [5.74, 6) is 0.0105. The normalized spacial score (nSPS) is 13.6. The molecule has 0 aromatic heterocycles. The Morgan fingerprint density at radius 1 is 1.00 bits per heavy atom. The predicted octanol–water partition coefficient (Wildman–Crippen LogP) is 4.18. The van der Waals surface area contributed by atoms with Crippen LogP contribution < -0.4 is 19.1 Å². The van der Waals surface area contributed by atoms with Crippen molar-refractivity contribution in [2.75, 3.05) is 30.6 Å². The van der Waals surface area contributed by atoms with E-state index in [1.165, 1.54) is 35.9 Å². The monoisotopic (exact) mass is 512 g/mol. The van der Waals surface area contributed by atoms with Gasteiger partial charge in [-0.05, 0) is 54.3 Å². The van der Waals surface area contributed by atoms with Gasteiger partial charge in [0.2, 0.25) is 5.91 Å². The molecule has 0 radical (unpaired) electrons. The fraction of sp³-hybridized carbons (Fsp3) is 0.296. The molecule has 0 fully saturated rings. The molecule has 1 aliphatic heterocycles. The van der Waals surface area contributed by atoms with E-state index in [1.54, 1.807) is 0 Å². The quantitative estimate of drug-likeness (QED) is 0.441. The third-order valence-electron chi connectivity index (χ3n) is 6.04. The van der Waals surface area contributed by atoms with Gasteiger partial charge in [-0.25, -0.2) is 12.8 Å². The summed E-state index contributed by atoms with van der Waals surface area (Å²) >= 11 is 0. The molecule has 3 aromatic carbocycles. The highest BCUT2D eigenvalue weighted by molar-refractivity contribution is 7.92. The van der Waals surface area contributed by atoms with Crippen LogP contribution in [0.2, 0.25) is 0 Å². The van der Waals surface area contributed by atoms with E-state index in [0.29, 0.717) is 31.3 Å². The van der Waals surface area contributed by atoms with Crippen LogP contribution in [0.25, 0.3) is 0 Å². The Morgan fingerprint density at radius 3 is 2.39 bits per heavy atom. The highest BCUT2D eigenvalue weighted by atomic mass is 32.2. The molecule has 0 saturated heterocycles. The third kappa shape index (κ3) is 6.15. The summed E-state index contributed by atoms with van der Waals surface area (Å²) in [5, 5.41) is 2.88. The molecule has 7 nitrogen and oxygen atoms in total. The van der Waals surface area contributed by atoms with Crippen molar-refractivity contribution in [2.24, 2.45) is 5.92 Å². The van der Waals surface area contributed by atoms with Crippen LogP contribution in [0.1, 0.15) is 18.9 Å². The molecule has 1 aliphatic rings. The van der Waals surface area contributed by atoms with Crippen LogP contribution in [0.4, 0.5) is 10.1 Å². The summed E-state index contributed by atoms with van der Waals surface area (Å²) in [6.45, 7) is 2.69. The molecule has 1 atom stereocenters. The van der Waals surface area contributed by atoms with Crippen LogP contribution in [0.15, 0.2) is 77.7 Å². The number of carbonyl (C=O) groups excluding carboxylic acids is 1. The molecule has 36 heavy (non-hydrogen) atoms. The maximum Gasteiger partial charge on any atom is 0.264 e. The van der Waals surface area contributed by atoms with Gasteiger partial charge >= 0.3 is 0 Å². The topological polar surface area (TPSA) is 84.9 Å². The summed E-state index contributed by atoms with van der Waals surface area (Å²) in [5.41, 5.74) is 1.35. The predicted molar refractivity (Wildman–Crippen MR) is 135 cm³/mol. The average molecular weight is 513 g/mol. The lowest BCUT2D eigenvalue weighted by atomic mass is 9.97. The third-order valence-corrected chi connectivity index (χ3v) is 7.81. The van der Waals surface area contributed by atoms with Gasteiger partial charge in [-0.15, -0.1) is 0 Å². The highest BCUT2D eigenvalue weighted by Gasteiger charge is 2.29. The lowest BCUT2D eigenvalue weighted by Crippen LogP contribution is -2.42. The molecule has 0 spiro atoms. The van der Waals surface area contributed by atoms with Crippen molar-refractivity contribution < 1.29 is 27.1 Å². The van der Waals surface area contributed by atoms with E-state index in [1.807, 2.05) is 30.3 Å². The van der Waals surface area contributed by atoms with Crippen LogP contribution in [0.5, 0.6) is 11.5 Å². The van der Waals surface area contributed by atoms with Gasteiger partial charge in [-0.3, -0.25) is 9.10 Å². The van der Waals surface area contributed by atoms with Gasteiger partial charge in [0.25, 0.3) is 10.0 Å². The second kappa shape index (κ2) is 11.4. The summed E-state index contributed by atoms with van der Waals surface area (Å²) in [6, 6.07) is 19.3. The number of nitrogens with one attached hydrogen (secondary N) is 1. The second-order valence-corrected chi connectivity index (χ2v) is 10.4. The molecular formula is C27H29FN2O5S. The molecule has 4 rings (SSSR count). The van der Waals surface area contributed by atoms with Gasteiger partial charge in [0.15, 0.2) is 11.5 Å². The zero-order chi connectivity index (χ0) is 25.5. The van der Waals surface area contributed by atoms with Gasteiger partial charge in [0.1, 0.15) is 25.6 Å². The average Bonchev–Trinajstić information content (AvgIpc) is 2.90. The number of ether oxygens (including phenoxy) is 2. The number of amides is 1. The first kappa shape index (κ1) is 25.5. The zero-order valence-corrected chi connectivity index (χ0v) is 20.8. The van der Waals surface area contributed by atoms with E-state index in [4.69, 9.17) is 9.47 Å². The van der Waals surface area contributed by atoms with Crippen LogP contribution in [0, 0.1) is 11.7 Å². The summed E-state index contributed by atoms with van der Waals surface area (Å²) in [4.78, 5) is 12.9. The number of nitrogens with zero attached hydrogens (tertiary/aromatic N) is 1. The maximum atomic E-state index is 13.6. The van der Waals surface area contributed by atoms with Crippen LogP contribution in [-0.2, 0) is 21.2 Å². The molecule has 0 saturated carbocycles. The lowest BCUT2D eigenvalue weighted by Gasteiger charge is -2.26. The Balaban J connectivity index is 1.53. The second-order valence-electron chi connectivity index (χ2n) is 8.56. The van der Waals surface area contributed by atoms with Gasteiger partial charge < -0.3 is 14.8 Å². The zero-order valence-electron chi connectivity index (χ0n) is 20.0. The van der Waals surface area contributed by atoms with E-state index in [0.717, 1.165) is 29.3 Å². The van der Waals surface area contributed by atoms with Crippen molar-refractivity contribution in [3.63, 3.8) is 0 Å². The molecule has 0 aliphatic carbocycles. The smallest absolute Gasteiger partial charge is 0.264 e. The fourth-order valence-corrected chi connectivity index (χ4v) is 5.42. The van der Waals surface area contributed by atoms with Gasteiger partial charge in [0, 0.05) is 12.6 Å². The first-order chi connectivity index (χ1) is 17.4. The number of fused-ring (bicyclic) bond motifs is 1. The number of halogens is 1. The molecular weight excluding hydrogens is 483 g/mol. The molecule has 190 valence electrons. The van der Waals surface area contributed by atoms with E-state index in [-0.39, 0.29) is 16.5 Å². The Labute approximate surface area is 210 Å². The molecule has 1 N–H and O–H groups in total. The van der Waals surface area contributed by atoms with Gasteiger partial charge in [-0.2, -0.15) is 0 Å². The Kier molecular flexibility index (Phi) is 8.10. The minimum absolute atomic E-state index is 0.0561. The number of carbonyl (C=O) groups is 1. The van der Waals surface area contributed by atoms with E-state index in [2.05, 4.69) is 12.2 Å². The van der Waals surface area contributed by atoms with E-state index >= 15 is 0 Å². The summed E-state index contributed by atoms with van der Waals surface area (Å²) in [6.07, 6.45) is 1.65.